The quantitative estimate of drug-likeness (QED) is 0.808. The zero-order chi connectivity index (χ0) is 13.7. The molecule has 0 aromatic rings. The van der Waals surface area contributed by atoms with Crippen LogP contribution in [0.1, 0.15) is 71.6 Å². The van der Waals surface area contributed by atoms with Crippen molar-refractivity contribution in [2.24, 2.45) is 11.8 Å². The molecule has 1 saturated heterocycles. The fourth-order valence-corrected chi connectivity index (χ4v) is 4.15. The van der Waals surface area contributed by atoms with Crippen molar-refractivity contribution >= 4 is 0 Å². The lowest BCUT2D eigenvalue weighted by Crippen LogP contribution is -2.42. The van der Waals surface area contributed by atoms with Crippen LogP contribution in [0.5, 0.6) is 0 Å². The van der Waals surface area contributed by atoms with Crippen molar-refractivity contribution in [3.63, 3.8) is 0 Å². The van der Waals surface area contributed by atoms with Gasteiger partial charge in [0.1, 0.15) is 0 Å². The minimum absolute atomic E-state index is 0.286. The smallest absolute Gasteiger partial charge is 0.0685 e. The van der Waals surface area contributed by atoms with Crippen molar-refractivity contribution in [2.75, 3.05) is 13.7 Å². The summed E-state index contributed by atoms with van der Waals surface area (Å²) in [6.45, 7) is 5.66. The van der Waals surface area contributed by atoms with Gasteiger partial charge in [-0.25, -0.2) is 0 Å². The molecule has 2 atom stereocenters. The minimum Gasteiger partial charge on any atom is -0.375 e. The molecular weight excluding hydrogens is 234 g/mol. The lowest BCUT2D eigenvalue weighted by atomic mass is 9.74. The van der Waals surface area contributed by atoms with Crippen LogP contribution in [0, 0.1) is 11.8 Å². The lowest BCUT2D eigenvalue weighted by Gasteiger charge is -2.44. The molecule has 2 aliphatic rings. The van der Waals surface area contributed by atoms with Gasteiger partial charge in [0.05, 0.1) is 5.60 Å². The molecular formula is C17H33NO. The molecule has 0 radical (unpaired) electrons. The number of hydrogen-bond donors (Lipinski definition) is 1. The summed E-state index contributed by atoms with van der Waals surface area (Å²) in [5.41, 5.74) is 0.286. The van der Waals surface area contributed by atoms with Crippen LogP contribution in [0.25, 0.3) is 0 Å². The third-order valence-electron chi connectivity index (χ3n) is 5.42. The van der Waals surface area contributed by atoms with E-state index in [1.165, 1.54) is 57.8 Å². The van der Waals surface area contributed by atoms with Gasteiger partial charge in [-0.05, 0) is 57.4 Å². The summed E-state index contributed by atoms with van der Waals surface area (Å²) in [5, 5.41) is 3.48. The van der Waals surface area contributed by atoms with E-state index < -0.39 is 0 Å². The maximum absolute atomic E-state index is 6.20. The number of rotatable bonds is 5. The largest absolute Gasteiger partial charge is 0.375 e. The van der Waals surface area contributed by atoms with Crippen molar-refractivity contribution in [3.8, 4) is 0 Å². The van der Waals surface area contributed by atoms with E-state index in [9.17, 15) is 0 Å². The first-order valence-electron chi connectivity index (χ1n) is 8.46. The van der Waals surface area contributed by atoms with E-state index in [1.807, 2.05) is 0 Å². The summed E-state index contributed by atoms with van der Waals surface area (Å²) in [7, 11) is 2.11. The average molecular weight is 267 g/mol. The van der Waals surface area contributed by atoms with Gasteiger partial charge in [-0.2, -0.15) is 0 Å². The number of nitrogens with one attached hydrogen (secondary N) is 1. The normalized spacial score (nSPS) is 28.7. The summed E-state index contributed by atoms with van der Waals surface area (Å²) >= 11 is 0. The predicted octanol–water partition coefficient (Wildman–Crippen LogP) is 4.14. The molecule has 1 heterocycles. The zero-order valence-corrected chi connectivity index (χ0v) is 13.2. The Morgan fingerprint density at radius 1 is 1.21 bits per heavy atom. The van der Waals surface area contributed by atoms with Crippen LogP contribution in [0.15, 0.2) is 0 Å². The van der Waals surface area contributed by atoms with Crippen LogP contribution >= 0.6 is 0 Å². The third-order valence-corrected chi connectivity index (χ3v) is 5.42. The Balaban J connectivity index is 1.80. The average Bonchev–Trinajstić information content (AvgIpc) is 2.40. The van der Waals surface area contributed by atoms with Gasteiger partial charge in [0.25, 0.3) is 0 Å². The van der Waals surface area contributed by atoms with Gasteiger partial charge in [-0.3, -0.25) is 0 Å². The Hall–Kier alpha value is -0.0800. The second-order valence-corrected chi connectivity index (χ2v) is 7.17. The Kier molecular flexibility index (Phi) is 5.70. The van der Waals surface area contributed by atoms with E-state index in [0.29, 0.717) is 6.04 Å². The molecule has 0 aromatic carbocycles. The summed E-state index contributed by atoms with van der Waals surface area (Å²) in [6, 6.07) is 0.685. The fraction of sp³-hybridized carbons (Fsp3) is 1.00. The van der Waals surface area contributed by atoms with Crippen LogP contribution in [-0.2, 0) is 4.74 Å². The lowest BCUT2D eigenvalue weighted by molar-refractivity contribution is -0.118. The molecule has 1 spiro atoms. The maximum atomic E-state index is 6.20. The molecule has 1 aliphatic heterocycles. The second-order valence-electron chi connectivity index (χ2n) is 7.17. The van der Waals surface area contributed by atoms with Crippen molar-refractivity contribution in [2.45, 2.75) is 83.3 Å². The summed E-state index contributed by atoms with van der Waals surface area (Å²) in [5.74, 6) is 1.65. The molecule has 2 nitrogen and oxygen atoms in total. The third kappa shape index (κ3) is 4.19. The van der Waals surface area contributed by atoms with Crippen LogP contribution in [0.2, 0.25) is 0 Å². The van der Waals surface area contributed by atoms with Crippen LogP contribution in [0.4, 0.5) is 0 Å². The predicted molar refractivity (Wildman–Crippen MR) is 81.4 cm³/mol. The maximum Gasteiger partial charge on any atom is 0.0685 e. The summed E-state index contributed by atoms with van der Waals surface area (Å²) < 4.78 is 6.20. The van der Waals surface area contributed by atoms with E-state index >= 15 is 0 Å². The van der Waals surface area contributed by atoms with E-state index in [1.54, 1.807) is 0 Å². The van der Waals surface area contributed by atoms with E-state index in [0.717, 1.165) is 18.4 Å². The van der Waals surface area contributed by atoms with E-state index in [-0.39, 0.29) is 5.60 Å². The SMILES string of the molecule is CNC(CCC1CCOC2(CCCCC2)C1)C(C)C. The number of hydrogen-bond acceptors (Lipinski definition) is 2. The van der Waals surface area contributed by atoms with Gasteiger partial charge in [0.2, 0.25) is 0 Å². The molecule has 1 saturated carbocycles. The van der Waals surface area contributed by atoms with Crippen LogP contribution in [0.3, 0.4) is 0 Å². The Labute approximate surface area is 119 Å². The minimum atomic E-state index is 0.286. The molecule has 112 valence electrons. The van der Waals surface area contributed by atoms with Crippen molar-refractivity contribution < 1.29 is 4.74 Å². The van der Waals surface area contributed by atoms with Crippen LogP contribution in [-0.4, -0.2) is 25.3 Å². The highest BCUT2D eigenvalue weighted by Gasteiger charge is 2.38. The Morgan fingerprint density at radius 3 is 2.58 bits per heavy atom. The molecule has 2 fully saturated rings. The van der Waals surface area contributed by atoms with Gasteiger partial charge in [0.15, 0.2) is 0 Å². The monoisotopic (exact) mass is 267 g/mol. The zero-order valence-electron chi connectivity index (χ0n) is 13.2. The first kappa shape index (κ1) is 15.3. The highest BCUT2D eigenvalue weighted by Crippen LogP contribution is 2.42. The van der Waals surface area contributed by atoms with Gasteiger partial charge in [0, 0.05) is 12.6 Å². The Morgan fingerprint density at radius 2 is 1.95 bits per heavy atom. The first-order chi connectivity index (χ1) is 9.15. The highest BCUT2D eigenvalue weighted by atomic mass is 16.5. The van der Waals surface area contributed by atoms with Crippen molar-refractivity contribution in [1.82, 2.24) is 5.32 Å². The van der Waals surface area contributed by atoms with Gasteiger partial charge in [-0.15, -0.1) is 0 Å². The molecule has 0 bridgehead atoms. The molecule has 1 N–H and O–H groups in total. The van der Waals surface area contributed by atoms with Crippen LogP contribution < -0.4 is 5.32 Å². The Bertz CT molecular complexity index is 252. The first-order valence-corrected chi connectivity index (χ1v) is 8.46. The molecule has 2 heteroatoms. The topological polar surface area (TPSA) is 21.3 Å². The van der Waals surface area contributed by atoms with Crippen molar-refractivity contribution in [1.29, 1.82) is 0 Å². The standard InChI is InChI=1S/C17H33NO/c1-14(2)16(18-3)8-7-15-9-12-19-17(13-15)10-5-4-6-11-17/h14-16,18H,4-13H2,1-3H3. The fourth-order valence-electron chi connectivity index (χ4n) is 4.15. The van der Waals surface area contributed by atoms with Gasteiger partial charge in [-0.1, -0.05) is 33.1 Å². The molecule has 1 aliphatic carbocycles. The summed E-state index contributed by atoms with van der Waals surface area (Å²) in [4.78, 5) is 0. The number of ether oxygens (including phenoxy) is 1. The highest BCUT2D eigenvalue weighted by molar-refractivity contribution is 4.90. The molecule has 2 unspecified atom stereocenters. The van der Waals surface area contributed by atoms with Crippen molar-refractivity contribution in [3.05, 3.63) is 0 Å². The molecule has 0 amide bonds. The molecule has 19 heavy (non-hydrogen) atoms. The summed E-state index contributed by atoms with van der Waals surface area (Å²) in [6.07, 6.45) is 12.2. The molecule has 0 aromatic heterocycles. The molecule has 2 rings (SSSR count). The van der Waals surface area contributed by atoms with Gasteiger partial charge >= 0.3 is 0 Å². The van der Waals surface area contributed by atoms with Gasteiger partial charge < -0.3 is 10.1 Å². The van der Waals surface area contributed by atoms with E-state index in [2.05, 4.69) is 26.2 Å². The van der Waals surface area contributed by atoms with E-state index in [4.69, 9.17) is 4.74 Å². The second kappa shape index (κ2) is 7.08.